The Morgan fingerprint density at radius 3 is 1.76 bits per heavy atom. The first-order chi connectivity index (χ1) is 10.0. The van der Waals surface area contributed by atoms with Crippen molar-refractivity contribution in [3.05, 3.63) is 53.8 Å². The Bertz CT molecular complexity index is 485. The highest BCUT2D eigenvalue weighted by atomic mass is 16.4. The lowest BCUT2D eigenvalue weighted by molar-refractivity contribution is 0.0681. The topological polar surface area (TPSA) is 74.6 Å². The van der Waals surface area contributed by atoms with Crippen LogP contribution >= 0.6 is 0 Å². The zero-order valence-corrected chi connectivity index (χ0v) is 11.9. The van der Waals surface area contributed by atoms with E-state index in [1.165, 1.54) is 56.4 Å². The van der Waals surface area contributed by atoms with Gasteiger partial charge in [-0.2, -0.15) is 0 Å². The van der Waals surface area contributed by atoms with Gasteiger partial charge in [-0.15, -0.1) is 5.73 Å². The maximum atomic E-state index is 10.3. The molecule has 112 valence electrons. The molecule has 0 aliphatic heterocycles. The Balaban J connectivity index is 0.000000219. The van der Waals surface area contributed by atoms with Gasteiger partial charge in [-0.25, -0.2) is 9.59 Å². The molecule has 0 amide bonds. The quantitative estimate of drug-likeness (QED) is 0.825. The molecule has 4 heteroatoms. The van der Waals surface area contributed by atoms with Gasteiger partial charge in [-0.05, 0) is 49.1 Å². The van der Waals surface area contributed by atoms with E-state index in [1.807, 2.05) is 0 Å². The fraction of sp³-hybridized carbons (Fsp3) is 0.353. The average Bonchev–Trinajstić information content (AvgIpc) is 2.49. The molecule has 0 spiro atoms. The fourth-order valence-electron chi connectivity index (χ4n) is 2.22. The number of rotatable bonds is 3. The number of hydrogen-bond acceptors (Lipinski definition) is 2. The van der Waals surface area contributed by atoms with Gasteiger partial charge < -0.3 is 10.2 Å². The molecule has 4 nitrogen and oxygen atoms in total. The lowest BCUT2D eigenvalue weighted by atomic mass is 9.89. The van der Waals surface area contributed by atoms with E-state index in [2.05, 4.69) is 18.4 Å². The van der Waals surface area contributed by atoms with E-state index in [0.717, 1.165) is 5.92 Å². The van der Waals surface area contributed by atoms with Gasteiger partial charge in [0.05, 0.1) is 11.1 Å². The zero-order chi connectivity index (χ0) is 15.7. The van der Waals surface area contributed by atoms with Gasteiger partial charge in [0.25, 0.3) is 0 Å². The molecule has 0 saturated heterocycles. The van der Waals surface area contributed by atoms with Gasteiger partial charge in [0.2, 0.25) is 0 Å². The lowest BCUT2D eigenvalue weighted by Gasteiger charge is -2.16. The van der Waals surface area contributed by atoms with Crippen molar-refractivity contribution >= 4 is 11.9 Å². The van der Waals surface area contributed by atoms with Gasteiger partial charge in [-0.3, -0.25) is 0 Å². The van der Waals surface area contributed by atoms with Crippen molar-refractivity contribution in [2.45, 2.75) is 32.1 Å². The molecule has 1 aromatic rings. The lowest BCUT2D eigenvalue weighted by Crippen LogP contribution is -2.01. The summed E-state index contributed by atoms with van der Waals surface area (Å²) in [6.45, 7) is 3.57. The van der Waals surface area contributed by atoms with E-state index in [4.69, 9.17) is 10.2 Å². The highest BCUT2D eigenvalue weighted by molar-refractivity contribution is 5.91. The number of allylic oxidation sites excluding steroid dienone is 1. The number of carboxylic acid groups (broad SMARTS) is 2. The van der Waals surface area contributed by atoms with Crippen molar-refractivity contribution in [1.29, 1.82) is 0 Å². The molecule has 0 aromatic heterocycles. The number of carboxylic acids is 2. The van der Waals surface area contributed by atoms with Crippen LogP contribution in [0.5, 0.6) is 0 Å². The molecule has 1 aliphatic carbocycles. The van der Waals surface area contributed by atoms with E-state index >= 15 is 0 Å². The van der Waals surface area contributed by atoms with Crippen LogP contribution in [0.25, 0.3) is 0 Å². The molecule has 2 rings (SSSR count). The predicted octanol–water partition coefficient (Wildman–Crippen LogP) is 3.99. The van der Waals surface area contributed by atoms with Gasteiger partial charge in [0, 0.05) is 0 Å². The Labute approximate surface area is 124 Å². The largest absolute Gasteiger partial charge is 0.478 e. The summed E-state index contributed by atoms with van der Waals surface area (Å²) in [6.07, 6.45) is 9.09. The monoisotopic (exact) mass is 288 g/mol. The third-order valence-electron chi connectivity index (χ3n) is 3.38. The number of aromatic carboxylic acids is 2. The van der Waals surface area contributed by atoms with Crippen LogP contribution in [0.4, 0.5) is 0 Å². The maximum absolute atomic E-state index is 10.3. The van der Waals surface area contributed by atoms with Gasteiger partial charge in [0.15, 0.2) is 0 Å². The highest BCUT2D eigenvalue weighted by Gasteiger charge is 2.08. The van der Waals surface area contributed by atoms with Crippen LogP contribution in [-0.4, -0.2) is 22.2 Å². The number of carbonyl (C=O) groups is 2. The van der Waals surface area contributed by atoms with E-state index in [9.17, 15) is 9.59 Å². The Kier molecular flexibility index (Phi) is 6.99. The second kappa shape index (κ2) is 8.77. The molecule has 0 unspecified atom stereocenters. The molecule has 2 N–H and O–H groups in total. The molecule has 21 heavy (non-hydrogen) atoms. The van der Waals surface area contributed by atoms with Crippen molar-refractivity contribution < 1.29 is 19.8 Å². The van der Waals surface area contributed by atoms with Crippen LogP contribution < -0.4 is 0 Å². The van der Waals surface area contributed by atoms with Gasteiger partial charge in [-0.1, -0.05) is 25.8 Å². The number of benzene rings is 1. The minimum Gasteiger partial charge on any atom is -0.478 e. The fourth-order valence-corrected chi connectivity index (χ4v) is 2.22. The van der Waals surface area contributed by atoms with Crippen LogP contribution in [0.2, 0.25) is 0 Å². The van der Waals surface area contributed by atoms with E-state index < -0.39 is 11.9 Å². The number of hydrogen-bond donors (Lipinski definition) is 2. The first-order valence-corrected chi connectivity index (χ1v) is 6.97. The maximum Gasteiger partial charge on any atom is 0.335 e. The summed E-state index contributed by atoms with van der Waals surface area (Å²) in [4.78, 5) is 20.7. The summed E-state index contributed by atoms with van der Waals surface area (Å²) in [5, 5.41) is 16.9. The molecule has 0 radical (unpaired) electrons. The van der Waals surface area contributed by atoms with Crippen LogP contribution in [0.3, 0.4) is 0 Å². The first kappa shape index (κ1) is 16.7. The van der Waals surface area contributed by atoms with Crippen molar-refractivity contribution in [2.75, 3.05) is 0 Å². The summed E-state index contributed by atoms with van der Waals surface area (Å²) in [6, 6.07) is 5.02. The van der Waals surface area contributed by atoms with Gasteiger partial charge in [0.1, 0.15) is 0 Å². The summed E-state index contributed by atoms with van der Waals surface area (Å²) in [7, 11) is 0. The summed E-state index contributed by atoms with van der Waals surface area (Å²) in [5.41, 5.74) is 3.03. The van der Waals surface area contributed by atoms with Crippen molar-refractivity contribution in [3.8, 4) is 0 Å². The molecule has 1 saturated carbocycles. The SMILES string of the molecule is C=C=CC1CCCCC1.O=C(O)c1ccc(C(=O)O)cc1. The Morgan fingerprint density at radius 1 is 1.00 bits per heavy atom. The molecule has 1 fully saturated rings. The van der Waals surface area contributed by atoms with Crippen molar-refractivity contribution in [3.63, 3.8) is 0 Å². The predicted molar refractivity (Wildman–Crippen MR) is 80.6 cm³/mol. The minimum atomic E-state index is -1.06. The highest BCUT2D eigenvalue weighted by Crippen LogP contribution is 2.23. The molecular weight excluding hydrogens is 268 g/mol. The molecule has 0 atom stereocenters. The summed E-state index contributed by atoms with van der Waals surface area (Å²) in [5.74, 6) is -1.32. The first-order valence-electron chi connectivity index (χ1n) is 6.97. The van der Waals surface area contributed by atoms with E-state index in [1.54, 1.807) is 0 Å². The van der Waals surface area contributed by atoms with E-state index in [-0.39, 0.29) is 11.1 Å². The molecular formula is C17H20O4. The summed E-state index contributed by atoms with van der Waals surface area (Å²) < 4.78 is 0. The standard InChI is InChI=1S/C9H14.C8H6O4/c1-2-6-9-7-4-3-5-8-9;9-7(10)5-1-2-6(4-3-5)8(11)12/h6,9H,1,3-5,7-8H2;1-4H,(H,9,10)(H,11,12). The van der Waals surface area contributed by atoms with Crippen LogP contribution in [-0.2, 0) is 0 Å². The average molecular weight is 288 g/mol. The van der Waals surface area contributed by atoms with Crippen LogP contribution in [0.15, 0.2) is 42.7 Å². The summed E-state index contributed by atoms with van der Waals surface area (Å²) >= 11 is 0. The minimum absolute atomic E-state index is 0.0833. The van der Waals surface area contributed by atoms with Crippen molar-refractivity contribution in [2.24, 2.45) is 5.92 Å². The molecule has 0 heterocycles. The molecule has 0 bridgehead atoms. The van der Waals surface area contributed by atoms with E-state index in [0.29, 0.717) is 0 Å². The molecule has 1 aromatic carbocycles. The normalized spacial score (nSPS) is 14.3. The smallest absolute Gasteiger partial charge is 0.335 e. The zero-order valence-electron chi connectivity index (χ0n) is 11.9. The molecule has 1 aliphatic rings. The van der Waals surface area contributed by atoms with Gasteiger partial charge >= 0.3 is 11.9 Å². The Morgan fingerprint density at radius 2 is 1.43 bits per heavy atom. The third kappa shape index (κ3) is 6.11. The van der Waals surface area contributed by atoms with Crippen LogP contribution in [0.1, 0.15) is 52.8 Å². The second-order valence-corrected chi connectivity index (χ2v) is 4.96. The Hall–Kier alpha value is -2.32. The van der Waals surface area contributed by atoms with Crippen molar-refractivity contribution in [1.82, 2.24) is 0 Å². The second-order valence-electron chi connectivity index (χ2n) is 4.96. The third-order valence-corrected chi connectivity index (χ3v) is 3.38. The van der Waals surface area contributed by atoms with Crippen LogP contribution in [0, 0.1) is 5.92 Å².